The molecule has 0 bridgehead atoms. The third kappa shape index (κ3) is 2.96. The second kappa shape index (κ2) is 5.89. The lowest BCUT2D eigenvalue weighted by Gasteiger charge is -2.30. The molecule has 0 aromatic heterocycles. The molecule has 1 N–H and O–H groups in total. The van der Waals surface area contributed by atoms with Gasteiger partial charge < -0.3 is 9.84 Å². The van der Waals surface area contributed by atoms with Crippen molar-refractivity contribution in [2.75, 3.05) is 20.2 Å². The van der Waals surface area contributed by atoms with E-state index in [9.17, 15) is 9.90 Å². The molecular formula is C15H19NO3. The van der Waals surface area contributed by atoms with E-state index in [1.54, 1.807) is 7.11 Å². The predicted molar refractivity (Wildman–Crippen MR) is 73.4 cm³/mol. The Hall–Kier alpha value is -1.81. The molecule has 1 aromatic rings. The van der Waals surface area contributed by atoms with Crippen LogP contribution in [0.5, 0.6) is 5.75 Å². The van der Waals surface area contributed by atoms with Gasteiger partial charge in [0.2, 0.25) is 0 Å². The molecule has 0 amide bonds. The summed E-state index contributed by atoms with van der Waals surface area (Å²) in [7, 11) is 1.57. The maximum Gasteiger partial charge on any atom is 0.325 e. The van der Waals surface area contributed by atoms with Crippen molar-refractivity contribution in [3.63, 3.8) is 0 Å². The van der Waals surface area contributed by atoms with Crippen LogP contribution in [0.2, 0.25) is 0 Å². The van der Waals surface area contributed by atoms with Crippen molar-refractivity contribution in [3.8, 4) is 5.75 Å². The molecule has 0 saturated heterocycles. The third-order valence-corrected chi connectivity index (χ3v) is 3.37. The minimum atomic E-state index is -0.834. The topological polar surface area (TPSA) is 49.8 Å². The van der Waals surface area contributed by atoms with Crippen LogP contribution in [-0.2, 0) is 4.79 Å². The highest BCUT2D eigenvalue weighted by Crippen LogP contribution is 2.31. The molecule has 19 heavy (non-hydrogen) atoms. The summed E-state index contributed by atoms with van der Waals surface area (Å²) in [5, 5.41) is 9.57. The highest BCUT2D eigenvalue weighted by molar-refractivity contribution is 5.77. The van der Waals surface area contributed by atoms with Crippen LogP contribution < -0.4 is 4.74 Å². The van der Waals surface area contributed by atoms with Gasteiger partial charge >= 0.3 is 5.97 Å². The Morgan fingerprint density at radius 3 is 2.79 bits per heavy atom. The number of aryl methyl sites for hydroxylation is 1. The summed E-state index contributed by atoms with van der Waals surface area (Å²) in [4.78, 5) is 13.6. The van der Waals surface area contributed by atoms with Crippen molar-refractivity contribution < 1.29 is 14.6 Å². The summed E-state index contributed by atoms with van der Waals surface area (Å²) < 4.78 is 5.31. The van der Waals surface area contributed by atoms with E-state index in [1.165, 1.54) is 0 Å². The Labute approximate surface area is 113 Å². The maximum atomic E-state index is 11.7. The van der Waals surface area contributed by atoms with E-state index < -0.39 is 12.0 Å². The van der Waals surface area contributed by atoms with Crippen molar-refractivity contribution >= 4 is 5.97 Å². The summed E-state index contributed by atoms with van der Waals surface area (Å²) in [6.07, 6.45) is 4.99. The Morgan fingerprint density at radius 2 is 2.21 bits per heavy atom. The average molecular weight is 261 g/mol. The van der Waals surface area contributed by atoms with Crippen LogP contribution in [0.25, 0.3) is 0 Å². The third-order valence-electron chi connectivity index (χ3n) is 3.37. The molecule has 102 valence electrons. The second-order valence-corrected chi connectivity index (χ2v) is 4.74. The van der Waals surface area contributed by atoms with Gasteiger partial charge in [-0.25, -0.2) is 0 Å². The van der Waals surface area contributed by atoms with E-state index in [0.717, 1.165) is 24.1 Å². The molecule has 1 atom stereocenters. The van der Waals surface area contributed by atoms with E-state index in [4.69, 9.17) is 4.74 Å². The SMILES string of the molecule is COc1ccc(C)cc1[C@@H](C(=O)O)N1CC=CCC1. The number of nitrogens with zero attached hydrogens (tertiary/aromatic N) is 1. The standard InChI is InChI=1S/C15H19NO3/c1-11-6-7-13(19-2)12(10-11)14(15(17)18)16-8-4-3-5-9-16/h3-4,6-7,10,14H,5,8-9H2,1-2H3,(H,17,18)/t14-/m0/s1. The van der Waals surface area contributed by atoms with E-state index in [0.29, 0.717) is 12.3 Å². The molecule has 2 rings (SSSR count). The zero-order chi connectivity index (χ0) is 13.8. The summed E-state index contributed by atoms with van der Waals surface area (Å²) in [6, 6.07) is 5.01. The lowest BCUT2D eigenvalue weighted by molar-refractivity contribution is -0.143. The lowest BCUT2D eigenvalue weighted by atomic mass is 10.0. The van der Waals surface area contributed by atoms with Crippen molar-refractivity contribution in [3.05, 3.63) is 41.5 Å². The van der Waals surface area contributed by atoms with Crippen LogP contribution in [0.1, 0.15) is 23.6 Å². The van der Waals surface area contributed by atoms with Gasteiger partial charge in [0.1, 0.15) is 11.8 Å². The molecule has 0 unspecified atom stereocenters. The first kappa shape index (κ1) is 13.6. The predicted octanol–water partition coefficient (Wildman–Crippen LogP) is 2.39. The number of methoxy groups -OCH3 is 1. The molecule has 1 aliphatic rings. The molecule has 1 heterocycles. The number of aliphatic carboxylic acids is 1. The Morgan fingerprint density at radius 1 is 1.42 bits per heavy atom. The van der Waals surface area contributed by atoms with Crippen molar-refractivity contribution in [2.24, 2.45) is 0 Å². The first-order valence-corrected chi connectivity index (χ1v) is 6.40. The van der Waals surface area contributed by atoms with Crippen molar-refractivity contribution in [2.45, 2.75) is 19.4 Å². The van der Waals surface area contributed by atoms with Gasteiger partial charge in [0.15, 0.2) is 0 Å². The molecule has 1 aromatic carbocycles. The van der Waals surface area contributed by atoms with Gasteiger partial charge in [-0.2, -0.15) is 0 Å². The van der Waals surface area contributed by atoms with Gasteiger partial charge in [0, 0.05) is 18.7 Å². The maximum absolute atomic E-state index is 11.7. The molecular weight excluding hydrogens is 242 g/mol. The molecule has 0 spiro atoms. The Bertz CT molecular complexity index is 496. The highest BCUT2D eigenvalue weighted by atomic mass is 16.5. The molecule has 0 radical (unpaired) electrons. The fourth-order valence-electron chi connectivity index (χ4n) is 2.45. The minimum Gasteiger partial charge on any atom is -0.496 e. The van der Waals surface area contributed by atoms with E-state index >= 15 is 0 Å². The highest BCUT2D eigenvalue weighted by Gasteiger charge is 2.29. The smallest absolute Gasteiger partial charge is 0.325 e. The molecule has 1 aliphatic heterocycles. The fourth-order valence-corrected chi connectivity index (χ4v) is 2.45. The van der Waals surface area contributed by atoms with Gasteiger partial charge in [-0.3, -0.25) is 9.69 Å². The minimum absolute atomic E-state index is 0.632. The number of benzene rings is 1. The zero-order valence-electron chi connectivity index (χ0n) is 11.3. The van der Waals surface area contributed by atoms with E-state index in [1.807, 2.05) is 36.1 Å². The van der Waals surface area contributed by atoms with Gasteiger partial charge in [-0.05, 0) is 19.4 Å². The normalized spacial score (nSPS) is 17.2. The number of carboxylic acid groups (broad SMARTS) is 1. The van der Waals surface area contributed by atoms with E-state index in [2.05, 4.69) is 6.08 Å². The largest absolute Gasteiger partial charge is 0.496 e. The molecule has 0 aliphatic carbocycles. The number of hydrogen-bond donors (Lipinski definition) is 1. The molecule has 0 fully saturated rings. The van der Waals surface area contributed by atoms with Crippen LogP contribution in [0, 0.1) is 6.92 Å². The first-order valence-electron chi connectivity index (χ1n) is 6.40. The molecule has 4 nitrogen and oxygen atoms in total. The zero-order valence-corrected chi connectivity index (χ0v) is 11.3. The van der Waals surface area contributed by atoms with E-state index in [-0.39, 0.29) is 0 Å². The summed E-state index contributed by atoms with van der Waals surface area (Å²) >= 11 is 0. The Balaban J connectivity index is 2.41. The average Bonchev–Trinajstić information content (AvgIpc) is 2.40. The first-order chi connectivity index (χ1) is 9.13. The Kier molecular flexibility index (Phi) is 4.22. The number of ether oxygens (including phenoxy) is 1. The number of carbonyl (C=O) groups is 1. The van der Waals surface area contributed by atoms with Crippen LogP contribution in [0.15, 0.2) is 30.4 Å². The molecule has 0 saturated carbocycles. The van der Waals surface area contributed by atoms with Gasteiger partial charge in [-0.15, -0.1) is 0 Å². The van der Waals surface area contributed by atoms with Crippen LogP contribution in [-0.4, -0.2) is 36.2 Å². The van der Waals surface area contributed by atoms with Crippen molar-refractivity contribution in [1.82, 2.24) is 4.90 Å². The van der Waals surface area contributed by atoms with Crippen molar-refractivity contribution in [1.29, 1.82) is 0 Å². The fraction of sp³-hybridized carbons (Fsp3) is 0.400. The monoisotopic (exact) mass is 261 g/mol. The molecule has 4 heteroatoms. The second-order valence-electron chi connectivity index (χ2n) is 4.74. The summed E-state index contributed by atoms with van der Waals surface area (Å²) in [5.41, 5.74) is 1.76. The van der Waals surface area contributed by atoms with Crippen LogP contribution in [0.4, 0.5) is 0 Å². The lowest BCUT2D eigenvalue weighted by Crippen LogP contribution is -2.36. The quantitative estimate of drug-likeness (QED) is 0.845. The van der Waals surface area contributed by atoms with Gasteiger partial charge in [0.25, 0.3) is 0 Å². The van der Waals surface area contributed by atoms with Gasteiger partial charge in [-0.1, -0.05) is 29.8 Å². The van der Waals surface area contributed by atoms with Crippen LogP contribution >= 0.6 is 0 Å². The van der Waals surface area contributed by atoms with Crippen LogP contribution in [0.3, 0.4) is 0 Å². The number of rotatable bonds is 4. The summed E-state index contributed by atoms with van der Waals surface area (Å²) in [6.45, 7) is 3.37. The number of carboxylic acids is 1. The summed E-state index contributed by atoms with van der Waals surface area (Å²) in [5.74, 6) is -0.202. The van der Waals surface area contributed by atoms with Gasteiger partial charge in [0.05, 0.1) is 7.11 Å². The number of hydrogen-bond acceptors (Lipinski definition) is 3.